The number of rotatable bonds is 9. The van der Waals surface area contributed by atoms with Gasteiger partial charge in [-0.1, -0.05) is 20.8 Å². The molecule has 2 aromatic heterocycles. The van der Waals surface area contributed by atoms with Gasteiger partial charge in [0.2, 0.25) is 10.9 Å². The lowest BCUT2D eigenvalue weighted by atomic mass is 9.80. The lowest BCUT2D eigenvalue weighted by Gasteiger charge is -2.25. The van der Waals surface area contributed by atoms with Gasteiger partial charge in [-0.2, -0.15) is 0 Å². The molecule has 0 aliphatic heterocycles. The Hall–Kier alpha value is -4.80. The second kappa shape index (κ2) is 12.2. The standard InChI is InChI=1S/C36H36O10/c1-17-10-28-31(32(18(17)2)36(5,6)7)34(40)23-11-21(19(3)37)30(29(20(4)38)35(23)46-28)24-14-43-25-13-27(45-16-42-9)26(44-15-41-8)12-22(25)33(24)39/h10-14H,15-16H2,1-9H3. The smallest absolute Gasteiger partial charge is 0.200 e. The van der Waals surface area contributed by atoms with Crippen molar-refractivity contribution in [2.45, 2.75) is 53.9 Å². The first kappa shape index (κ1) is 32.6. The Morgan fingerprint density at radius 3 is 2.00 bits per heavy atom. The maximum absolute atomic E-state index is 14.3. The van der Waals surface area contributed by atoms with Crippen molar-refractivity contribution in [2.75, 3.05) is 27.8 Å². The largest absolute Gasteiger partial charge is 0.464 e. The Morgan fingerprint density at radius 2 is 1.43 bits per heavy atom. The van der Waals surface area contributed by atoms with Crippen molar-refractivity contribution in [3.63, 3.8) is 0 Å². The van der Waals surface area contributed by atoms with E-state index in [-0.39, 0.29) is 74.7 Å². The number of ketones is 2. The molecule has 0 aliphatic carbocycles. The lowest BCUT2D eigenvalue weighted by Crippen LogP contribution is -2.20. The van der Waals surface area contributed by atoms with Gasteiger partial charge in [0.1, 0.15) is 23.0 Å². The second-order valence-electron chi connectivity index (χ2n) is 12.3. The Balaban J connectivity index is 1.92. The van der Waals surface area contributed by atoms with Crippen LogP contribution in [0.1, 0.15) is 72.0 Å². The van der Waals surface area contributed by atoms with Crippen LogP contribution in [-0.2, 0) is 14.9 Å². The molecule has 10 heteroatoms. The van der Waals surface area contributed by atoms with E-state index in [0.29, 0.717) is 11.0 Å². The summed E-state index contributed by atoms with van der Waals surface area (Å²) in [5.41, 5.74) is 1.73. The van der Waals surface area contributed by atoms with Gasteiger partial charge in [0.15, 0.2) is 36.7 Å². The molecule has 5 aromatic rings. The molecule has 0 radical (unpaired) electrons. The molecule has 5 rings (SSSR count). The fraction of sp³-hybridized carbons (Fsp3) is 0.333. The van der Waals surface area contributed by atoms with Crippen molar-refractivity contribution >= 4 is 44.5 Å². The third-order valence-corrected chi connectivity index (χ3v) is 8.03. The molecule has 0 bridgehead atoms. The molecule has 3 aromatic carbocycles. The minimum atomic E-state index is -0.546. The Labute approximate surface area is 264 Å². The van der Waals surface area contributed by atoms with E-state index in [1.807, 2.05) is 34.6 Å². The molecule has 0 aliphatic rings. The zero-order valence-corrected chi connectivity index (χ0v) is 27.4. The maximum atomic E-state index is 14.3. The van der Waals surface area contributed by atoms with E-state index in [9.17, 15) is 19.2 Å². The van der Waals surface area contributed by atoms with E-state index in [1.165, 1.54) is 52.5 Å². The molecule has 0 fully saturated rings. The Morgan fingerprint density at radius 1 is 0.804 bits per heavy atom. The van der Waals surface area contributed by atoms with Crippen LogP contribution in [-0.4, -0.2) is 39.4 Å². The molecule has 0 atom stereocenters. The third-order valence-electron chi connectivity index (χ3n) is 8.03. The molecule has 0 N–H and O–H groups in total. The highest BCUT2D eigenvalue weighted by molar-refractivity contribution is 6.17. The molecule has 0 amide bonds. The molecule has 240 valence electrons. The summed E-state index contributed by atoms with van der Waals surface area (Å²) in [5.74, 6) is -0.527. The average molecular weight is 629 g/mol. The normalized spacial score (nSPS) is 11.8. The molecule has 46 heavy (non-hydrogen) atoms. The van der Waals surface area contributed by atoms with Crippen LogP contribution in [0.3, 0.4) is 0 Å². The minimum Gasteiger partial charge on any atom is -0.464 e. The van der Waals surface area contributed by atoms with Gasteiger partial charge >= 0.3 is 0 Å². The van der Waals surface area contributed by atoms with E-state index in [0.717, 1.165) is 16.7 Å². The van der Waals surface area contributed by atoms with Gasteiger partial charge in [0.05, 0.1) is 27.3 Å². The van der Waals surface area contributed by atoms with Gasteiger partial charge in [0.25, 0.3) is 0 Å². The number of Topliss-reactive ketones (excluding diaryl/α,β-unsaturated/α-hetero) is 2. The highest BCUT2D eigenvalue weighted by atomic mass is 16.7. The van der Waals surface area contributed by atoms with E-state index in [4.69, 9.17) is 27.8 Å². The number of carbonyl (C=O) groups excluding carboxylic acids is 2. The number of hydrogen-bond donors (Lipinski definition) is 0. The van der Waals surface area contributed by atoms with E-state index in [1.54, 1.807) is 6.07 Å². The van der Waals surface area contributed by atoms with E-state index < -0.39 is 22.4 Å². The van der Waals surface area contributed by atoms with Crippen LogP contribution in [0.15, 0.2) is 49.0 Å². The number of methoxy groups -OCH3 is 2. The first-order valence-electron chi connectivity index (χ1n) is 14.6. The van der Waals surface area contributed by atoms with Gasteiger partial charge in [-0.25, -0.2) is 0 Å². The van der Waals surface area contributed by atoms with Gasteiger partial charge in [0, 0.05) is 31.4 Å². The van der Waals surface area contributed by atoms with Crippen LogP contribution in [0.4, 0.5) is 0 Å². The number of aryl methyl sites for hydroxylation is 1. The van der Waals surface area contributed by atoms with Crippen LogP contribution in [0, 0.1) is 13.8 Å². The molecule has 0 saturated carbocycles. The Bertz CT molecular complexity index is 2180. The minimum absolute atomic E-state index is 0.00745. The van der Waals surface area contributed by atoms with Crippen molar-refractivity contribution in [1.29, 1.82) is 0 Å². The monoisotopic (exact) mass is 628 g/mol. The zero-order chi connectivity index (χ0) is 33.7. The van der Waals surface area contributed by atoms with Crippen molar-refractivity contribution in [2.24, 2.45) is 0 Å². The molecule has 2 heterocycles. The maximum Gasteiger partial charge on any atom is 0.200 e. The summed E-state index contributed by atoms with van der Waals surface area (Å²) in [6.07, 6.45) is 1.19. The summed E-state index contributed by atoms with van der Waals surface area (Å²) in [7, 11) is 2.91. The number of fused-ring (bicyclic) bond motifs is 3. The highest BCUT2D eigenvalue weighted by Gasteiger charge is 2.30. The highest BCUT2D eigenvalue weighted by Crippen LogP contribution is 2.39. The topological polar surface area (TPSA) is 131 Å². The zero-order valence-electron chi connectivity index (χ0n) is 27.4. The number of hydrogen-bond acceptors (Lipinski definition) is 10. The second-order valence-corrected chi connectivity index (χ2v) is 12.3. The summed E-state index contributed by atoms with van der Waals surface area (Å²) in [5, 5.41) is 0.555. The predicted molar refractivity (Wildman–Crippen MR) is 175 cm³/mol. The van der Waals surface area contributed by atoms with Gasteiger partial charge in [-0.15, -0.1) is 0 Å². The van der Waals surface area contributed by atoms with Crippen molar-refractivity contribution in [3.05, 3.63) is 78.8 Å². The van der Waals surface area contributed by atoms with Crippen LogP contribution in [0.25, 0.3) is 44.0 Å². The van der Waals surface area contributed by atoms with Crippen LogP contribution < -0.4 is 20.3 Å². The van der Waals surface area contributed by atoms with Gasteiger partial charge < -0.3 is 27.8 Å². The van der Waals surface area contributed by atoms with E-state index >= 15 is 0 Å². The van der Waals surface area contributed by atoms with Crippen molar-refractivity contribution in [1.82, 2.24) is 0 Å². The lowest BCUT2D eigenvalue weighted by molar-refractivity contribution is 0.0324. The number of benzene rings is 3. The number of ether oxygens (including phenoxy) is 4. The van der Waals surface area contributed by atoms with Crippen LogP contribution in [0.2, 0.25) is 0 Å². The first-order chi connectivity index (χ1) is 21.7. The molecular weight excluding hydrogens is 592 g/mol. The fourth-order valence-corrected chi connectivity index (χ4v) is 5.99. The average Bonchev–Trinajstić information content (AvgIpc) is 2.98. The first-order valence-corrected chi connectivity index (χ1v) is 14.6. The van der Waals surface area contributed by atoms with Crippen LogP contribution >= 0.6 is 0 Å². The van der Waals surface area contributed by atoms with Gasteiger partial charge in [-0.05, 0) is 68.0 Å². The summed E-state index contributed by atoms with van der Waals surface area (Å²) >= 11 is 0. The number of carbonyl (C=O) groups is 2. The molecular formula is C36H36O10. The van der Waals surface area contributed by atoms with E-state index in [2.05, 4.69) is 0 Å². The predicted octanol–water partition coefficient (Wildman–Crippen LogP) is 7.00. The van der Waals surface area contributed by atoms with Gasteiger partial charge in [-0.3, -0.25) is 19.2 Å². The molecule has 0 saturated heterocycles. The summed E-state index contributed by atoms with van der Waals surface area (Å²) in [4.78, 5) is 55.1. The van der Waals surface area contributed by atoms with Crippen LogP contribution in [0.5, 0.6) is 11.5 Å². The summed E-state index contributed by atoms with van der Waals surface area (Å²) in [6, 6.07) is 6.09. The quantitative estimate of drug-likeness (QED) is 0.0954. The fourth-order valence-electron chi connectivity index (χ4n) is 5.99. The van der Waals surface area contributed by atoms with Crippen molar-refractivity contribution in [3.8, 4) is 22.6 Å². The summed E-state index contributed by atoms with van der Waals surface area (Å²) in [6.45, 7) is 12.3. The molecule has 0 unspecified atom stereocenters. The third kappa shape index (κ3) is 5.48. The summed E-state index contributed by atoms with van der Waals surface area (Å²) < 4.78 is 33.5. The molecule has 10 nitrogen and oxygen atoms in total. The Kier molecular flexibility index (Phi) is 8.63. The molecule has 0 spiro atoms. The van der Waals surface area contributed by atoms with Crippen molar-refractivity contribution < 1.29 is 37.4 Å². The SMILES string of the molecule is COCOc1cc2occ(-c3c(C(C)=O)cc4c(=O)c5c(C(C)(C)C)c(C)c(C)cc5oc4c3C(C)=O)c(=O)c2cc1OCOC.